The molecule has 0 radical (unpaired) electrons. The van der Waals surface area contributed by atoms with Crippen LogP contribution >= 0.6 is 11.3 Å². The monoisotopic (exact) mass is 462 g/mol. The molecule has 0 saturated carbocycles. The fourth-order valence-corrected chi connectivity index (χ4v) is 5.21. The lowest BCUT2D eigenvalue weighted by molar-refractivity contribution is -0.111. The van der Waals surface area contributed by atoms with E-state index in [1.165, 1.54) is 17.4 Å². The summed E-state index contributed by atoms with van der Waals surface area (Å²) < 4.78 is 11.4. The lowest BCUT2D eigenvalue weighted by Crippen LogP contribution is -2.16. The molecule has 0 saturated heterocycles. The minimum atomic E-state index is -0.500. The number of carbonyl (C=O) groups is 2. The van der Waals surface area contributed by atoms with Crippen LogP contribution in [0.4, 0.5) is 5.00 Å². The Balaban J connectivity index is 1.43. The molecule has 1 aliphatic rings. The highest BCUT2D eigenvalue weighted by atomic mass is 32.1. The van der Waals surface area contributed by atoms with Crippen LogP contribution in [0.5, 0.6) is 11.5 Å². The first-order valence-electron chi connectivity index (χ1n) is 10.7. The van der Waals surface area contributed by atoms with Gasteiger partial charge in [-0.15, -0.1) is 11.3 Å². The highest BCUT2D eigenvalue weighted by molar-refractivity contribution is 7.17. The Hall–Kier alpha value is -3.58. The molecular weight excluding hydrogens is 436 g/mol. The van der Waals surface area contributed by atoms with Gasteiger partial charge in [0, 0.05) is 11.0 Å². The third-order valence-corrected chi connectivity index (χ3v) is 6.87. The number of methoxy groups -OCH3 is 1. The first kappa shape index (κ1) is 22.6. The second kappa shape index (κ2) is 9.92. The number of anilines is 1. The van der Waals surface area contributed by atoms with Crippen LogP contribution in [-0.4, -0.2) is 18.9 Å². The molecule has 7 heteroatoms. The molecule has 0 spiro atoms. The Kier molecular flexibility index (Phi) is 6.79. The quantitative estimate of drug-likeness (QED) is 0.467. The predicted octanol–water partition coefficient (Wildman–Crippen LogP) is 4.88. The van der Waals surface area contributed by atoms with Crippen LogP contribution in [0.15, 0.2) is 48.5 Å². The Labute approximate surface area is 197 Å². The van der Waals surface area contributed by atoms with Gasteiger partial charge in [-0.05, 0) is 66.6 Å². The number of ether oxygens (including phenoxy) is 2. The molecule has 2 amide bonds. The summed E-state index contributed by atoms with van der Waals surface area (Å²) in [5.74, 6) is 0.384. The van der Waals surface area contributed by atoms with Gasteiger partial charge in [-0.25, -0.2) is 0 Å². The molecule has 0 atom stereocenters. The molecule has 1 aromatic heterocycles. The molecule has 1 heterocycles. The Morgan fingerprint density at radius 1 is 1.15 bits per heavy atom. The molecule has 0 unspecified atom stereocenters. The van der Waals surface area contributed by atoms with Crippen molar-refractivity contribution >= 4 is 34.2 Å². The lowest BCUT2D eigenvalue weighted by Gasteiger charge is -2.12. The predicted molar refractivity (Wildman–Crippen MR) is 131 cm³/mol. The topological polar surface area (TPSA) is 90.6 Å². The maximum absolute atomic E-state index is 12.5. The SMILES string of the molecule is COc1cc(/C=C/C(=O)Nc2sc3c(c2C(N)=O)CCC3)ccc1OCc1ccccc1C. The normalized spacial score (nSPS) is 12.5. The molecular formula is C26H26N2O4S. The van der Waals surface area contributed by atoms with E-state index in [2.05, 4.69) is 5.32 Å². The highest BCUT2D eigenvalue weighted by Crippen LogP contribution is 2.38. The molecule has 0 aliphatic heterocycles. The van der Waals surface area contributed by atoms with Gasteiger partial charge in [0.05, 0.1) is 12.7 Å². The number of fused-ring (bicyclic) bond motifs is 1. The number of aryl methyl sites for hydroxylation is 2. The van der Waals surface area contributed by atoms with Crippen molar-refractivity contribution in [1.82, 2.24) is 0 Å². The number of hydrogen-bond acceptors (Lipinski definition) is 5. The van der Waals surface area contributed by atoms with E-state index < -0.39 is 5.91 Å². The van der Waals surface area contributed by atoms with E-state index in [1.807, 2.05) is 49.4 Å². The third-order valence-electron chi connectivity index (χ3n) is 5.66. The number of carbonyl (C=O) groups excluding carboxylic acids is 2. The number of thiophene rings is 1. The van der Waals surface area contributed by atoms with Crippen LogP contribution in [0.3, 0.4) is 0 Å². The molecule has 170 valence electrons. The van der Waals surface area contributed by atoms with Crippen molar-refractivity contribution in [2.24, 2.45) is 5.73 Å². The Morgan fingerprint density at radius 2 is 1.97 bits per heavy atom. The van der Waals surface area contributed by atoms with Crippen LogP contribution in [0, 0.1) is 6.92 Å². The zero-order valence-corrected chi connectivity index (χ0v) is 19.5. The lowest BCUT2D eigenvalue weighted by atomic mass is 10.1. The molecule has 3 N–H and O–H groups in total. The van der Waals surface area contributed by atoms with Crippen LogP contribution in [0.25, 0.3) is 6.08 Å². The fraction of sp³-hybridized carbons (Fsp3) is 0.231. The van der Waals surface area contributed by atoms with Gasteiger partial charge in [0.25, 0.3) is 5.91 Å². The first-order valence-corrected chi connectivity index (χ1v) is 11.6. The van der Waals surface area contributed by atoms with E-state index in [-0.39, 0.29) is 5.91 Å². The summed E-state index contributed by atoms with van der Waals surface area (Å²) in [5, 5.41) is 3.34. The van der Waals surface area contributed by atoms with E-state index >= 15 is 0 Å². The zero-order chi connectivity index (χ0) is 23.4. The van der Waals surface area contributed by atoms with Crippen LogP contribution in [0.1, 0.15) is 43.9 Å². The third kappa shape index (κ3) is 5.09. The van der Waals surface area contributed by atoms with Crippen molar-refractivity contribution in [2.75, 3.05) is 12.4 Å². The number of nitrogens with two attached hydrogens (primary N) is 1. The number of hydrogen-bond donors (Lipinski definition) is 2. The molecule has 3 aromatic rings. The maximum Gasteiger partial charge on any atom is 0.251 e. The number of nitrogens with one attached hydrogen (secondary N) is 1. The molecule has 0 bridgehead atoms. The zero-order valence-electron chi connectivity index (χ0n) is 18.6. The van der Waals surface area contributed by atoms with Crippen molar-refractivity contribution < 1.29 is 19.1 Å². The molecule has 2 aromatic carbocycles. The summed E-state index contributed by atoms with van der Waals surface area (Å²) in [5.41, 5.74) is 10.1. The number of amides is 2. The summed E-state index contributed by atoms with van der Waals surface area (Å²) in [6, 6.07) is 13.5. The molecule has 4 rings (SSSR count). The summed E-state index contributed by atoms with van der Waals surface area (Å²) in [6.45, 7) is 2.48. The van der Waals surface area contributed by atoms with E-state index in [0.717, 1.165) is 46.4 Å². The van der Waals surface area contributed by atoms with Crippen LogP contribution in [-0.2, 0) is 24.2 Å². The van der Waals surface area contributed by atoms with Gasteiger partial charge < -0.3 is 20.5 Å². The van der Waals surface area contributed by atoms with Gasteiger partial charge in [-0.2, -0.15) is 0 Å². The largest absolute Gasteiger partial charge is 0.493 e. The van der Waals surface area contributed by atoms with Crippen molar-refractivity contribution in [3.05, 3.63) is 81.2 Å². The Bertz CT molecular complexity index is 1230. The van der Waals surface area contributed by atoms with Gasteiger partial charge in [-0.1, -0.05) is 30.3 Å². The molecule has 1 aliphatic carbocycles. The van der Waals surface area contributed by atoms with Gasteiger partial charge in [0.15, 0.2) is 11.5 Å². The standard InChI is InChI=1S/C26H26N2O4S/c1-16-6-3-4-7-18(16)15-32-20-12-10-17(14-21(20)31-2)11-13-23(29)28-26-24(25(27)30)19-8-5-9-22(19)33-26/h3-4,6-7,10-14H,5,8-9,15H2,1-2H3,(H2,27,30)(H,28,29)/b13-11+. The van der Waals surface area contributed by atoms with Gasteiger partial charge in [0.2, 0.25) is 5.91 Å². The van der Waals surface area contributed by atoms with E-state index in [0.29, 0.717) is 28.7 Å². The van der Waals surface area contributed by atoms with Crippen molar-refractivity contribution in [1.29, 1.82) is 0 Å². The van der Waals surface area contributed by atoms with Crippen molar-refractivity contribution in [3.8, 4) is 11.5 Å². The second-order valence-electron chi connectivity index (χ2n) is 7.87. The average Bonchev–Trinajstić information content (AvgIpc) is 3.38. The maximum atomic E-state index is 12.5. The molecule has 33 heavy (non-hydrogen) atoms. The molecule has 6 nitrogen and oxygen atoms in total. The Morgan fingerprint density at radius 3 is 2.73 bits per heavy atom. The minimum Gasteiger partial charge on any atom is -0.493 e. The van der Waals surface area contributed by atoms with Crippen molar-refractivity contribution in [3.63, 3.8) is 0 Å². The van der Waals surface area contributed by atoms with E-state index in [9.17, 15) is 9.59 Å². The number of rotatable bonds is 8. The molecule has 0 fully saturated rings. The highest BCUT2D eigenvalue weighted by Gasteiger charge is 2.25. The van der Waals surface area contributed by atoms with Gasteiger partial charge >= 0.3 is 0 Å². The van der Waals surface area contributed by atoms with Gasteiger partial charge in [-0.3, -0.25) is 9.59 Å². The van der Waals surface area contributed by atoms with Gasteiger partial charge in [0.1, 0.15) is 11.6 Å². The van der Waals surface area contributed by atoms with Crippen LogP contribution < -0.4 is 20.5 Å². The summed E-state index contributed by atoms with van der Waals surface area (Å²) in [6.07, 6.45) is 5.88. The smallest absolute Gasteiger partial charge is 0.251 e. The van der Waals surface area contributed by atoms with Crippen molar-refractivity contribution in [2.45, 2.75) is 32.8 Å². The average molecular weight is 463 g/mol. The fourth-order valence-electron chi connectivity index (χ4n) is 3.91. The second-order valence-corrected chi connectivity index (χ2v) is 8.98. The van der Waals surface area contributed by atoms with E-state index in [1.54, 1.807) is 13.2 Å². The number of benzene rings is 2. The first-order chi connectivity index (χ1) is 16.0. The summed E-state index contributed by atoms with van der Waals surface area (Å²) >= 11 is 1.44. The summed E-state index contributed by atoms with van der Waals surface area (Å²) in [7, 11) is 1.58. The number of primary amides is 1. The van der Waals surface area contributed by atoms with E-state index in [4.69, 9.17) is 15.2 Å². The minimum absolute atomic E-state index is 0.323. The van der Waals surface area contributed by atoms with Crippen LogP contribution in [0.2, 0.25) is 0 Å². The summed E-state index contributed by atoms with van der Waals surface area (Å²) in [4.78, 5) is 25.5.